The van der Waals surface area contributed by atoms with Crippen molar-refractivity contribution in [3.05, 3.63) is 6.92 Å². The second-order valence-electron chi connectivity index (χ2n) is 1.62. The lowest BCUT2D eigenvalue weighted by Crippen LogP contribution is -2.08. The van der Waals surface area contributed by atoms with Crippen molar-refractivity contribution in [2.24, 2.45) is 0 Å². The number of methoxy groups -OCH3 is 1. The maximum absolute atomic E-state index is 5.45. The standard InChI is InChI=1S/C6H12ClO/c1-3-6(8-2)4-5-7/h6H,1,3-5H2,2H3. The monoisotopic (exact) mass is 135 g/mol. The Morgan fingerprint density at radius 3 is 2.50 bits per heavy atom. The molecule has 0 aliphatic carbocycles. The summed E-state index contributed by atoms with van der Waals surface area (Å²) in [4.78, 5) is 0. The fourth-order valence-corrected chi connectivity index (χ4v) is 0.745. The molecular formula is C6H12ClO. The van der Waals surface area contributed by atoms with Crippen molar-refractivity contribution in [3.63, 3.8) is 0 Å². The molecule has 0 aliphatic heterocycles. The van der Waals surface area contributed by atoms with Gasteiger partial charge in [-0.05, 0) is 12.8 Å². The minimum Gasteiger partial charge on any atom is -0.381 e. The first-order chi connectivity index (χ1) is 3.85. The number of halogens is 1. The molecule has 0 rings (SSSR count). The van der Waals surface area contributed by atoms with Gasteiger partial charge in [-0.1, -0.05) is 6.92 Å². The van der Waals surface area contributed by atoms with E-state index < -0.39 is 0 Å². The largest absolute Gasteiger partial charge is 0.381 e. The fourth-order valence-electron chi connectivity index (χ4n) is 0.502. The Morgan fingerprint density at radius 1 is 1.75 bits per heavy atom. The summed E-state index contributed by atoms with van der Waals surface area (Å²) in [6, 6.07) is 0. The molecule has 49 valence electrons. The van der Waals surface area contributed by atoms with E-state index in [9.17, 15) is 0 Å². The Kier molecular flexibility index (Phi) is 5.56. The van der Waals surface area contributed by atoms with Crippen LogP contribution in [-0.2, 0) is 4.74 Å². The van der Waals surface area contributed by atoms with Gasteiger partial charge in [0.05, 0.1) is 6.10 Å². The average Bonchev–Trinajstić information content (AvgIpc) is 1.83. The van der Waals surface area contributed by atoms with Gasteiger partial charge in [0.25, 0.3) is 0 Å². The molecule has 0 saturated carbocycles. The van der Waals surface area contributed by atoms with Crippen molar-refractivity contribution < 1.29 is 4.74 Å². The third kappa shape index (κ3) is 3.28. The maximum atomic E-state index is 5.45. The van der Waals surface area contributed by atoms with Gasteiger partial charge in [-0.2, -0.15) is 0 Å². The lowest BCUT2D eigenvalue weighted by atomic mass is 10.2. The molecular weight excluding hydrogens is 124 g/mol. The predicted molar refractivity (Wildman–Crippen MR) is 36.1 cm³/mol. The van der Waals surface area contributed by atoms with Gasteiger partial charge >= 0.3 is 0 Å². The van der Waals surface area contributed by atoms with E-state index in [1.807, 2.05) is 0 Å². The number of hydrogen-bond donors (Lipinski definition) is 0. The maximum Gasteiger partial charge on any atom is 0.0582 e. The quantitative estimate of drug-likeness (QED) is 0.535. The SMILES string of the molecule is [CH2]CC(CCCl)OC. The lowest BCUT2D eigenvalue weighted by Gasteiger charge is -2.08. The summed E-state index contributed by atoms with van der Waals surface area (Å²) in [6.45, 7) is 3.69. The number of alkyl halides is 1. The zero-order valence-electron chi connectivity index (χ0n) is 5.19. The molecule has 0 aromatic heterocycles. The van der Waals surface area contributed by atoms with E-state index in [0.717, 1.165) is 12.8 Å². The molecule has 0 saturated heterocycles. The van der Waals surface area contributed by atoms with Crippen LogP contribution in [0.5, 0.6) is 0 Å². The summed E-state index contributed by atoms with van der Waals surface area (Å²) in [6.07, 6.45) is 1.97. The van der Waals surface area contributed by atoms with Gasteiger partial charge in [0, 0.05) is 13.0 Å². The van der Waals surface area contributed by atoms with E-state index in [4.69, 9.17) is 16.3 Å². The van der Waals surface area contributed by atoms with Crippen LogP contribution in [0.25, 0.3) is 0 Å². The molecule has 0 aliphatic rings. The van der Waals surface area contributed by atoms with E-state index >= 15 is 0 Å². The average molecular weight is 136 g/mol. The van der Waals surface area contributed by atoms with Crippen LogP contribution in [0.15, 0.2) is 0 Å². The van der Waals surface area contributed by atoms with E-state index in [-0.39, 0.29) is 6.10 Å². The Hall–Kier alpha value is 0.250. The van der Waals surface area contributed by atoms with E-state index in [0.29, 0.717) is 5.88 Å². The number of ether oxygens (including phenoxy) is 1. The Labute approximate surface area is 56.0 Å². The Morgan fingerprint density at radius 2 is 2.38 bits per heavy atom. The Bertz CT molecular complexity index is 43.8. The van der Waals surface area contributed by atoms with Gasteiger partial charge in [-0.25, -0.2) is 0 Å². The van der Waals surface area contributed by atoms with Gasteiger partial charge in [0.15, 0.2) is 0 Å². The van der Waals surface area contributed by atoms with Gasteiger partial charge < -0.3 is 4.74 Å². The summed E-state index contributed by atoms with van der Waals surface area (Å²) in [5, 5.41) is 0. The zero-order valence-corrected chi connectivity index (χ0v) is 5.95. The van der Waals surface area contributed by atoms with Gasteiger partial charge in [0.1, 0.15) is 0 Å². The second-order valence-corrected chi connectivity index (χ2v) is 2.00. The highest BCUT2D eigenvalue weighted by Gasteiger charge is 2.00. The van der Waals surface area contributed by atoms with Crippen molar-refractivity contribution in [1.29, 1.82) is 0 Å². The van der Waals surface area contributed by atoms with Gasteiger partial charge in [0.2, 0.25) is 0 Å². The zero-order chi connectivity index (χ0) is 6.41. The van der Waals surface area contributed by atoms with E-state index in [2.05, 4.69) is 6.92 Å². The molecule has 0 heterocycles. The van der Waals surface area contributed by atoms with Crippen molar-refractivity contribution in [1.82, 2.24) is 0 Å². The van der Waals surface area contributed by atoms with Crippen LogP contribution in [0.1, 0.15) is 12.8 Å². The molecule has 0 fully saturated rings. The van der Waals surface area contributed by atoms with Crippen LogP contribution in [0.2, 0.25) is 0 Å². The van der Waals surface area contributed by atoms with Gasteiger partial charge in [-0.15, -0.1) is 11.6 Å². The summed E-state index contributed by atoms with van der Waals surface area (Å²) < 4.78 is 4.99. The van der Waals surface area contributed by atoms with Crippen molar-refractivity contribution >= 4 is 11.6 Å². The highest BCUT2D eigenvalue weighted by molar-refractivity contribution is 6.17. The third-order valence-electron chi connectivity index (χ3n) is 1.09. The lowest BCUT2D eigenvalue weighted by molar-refractivity contribution is 0.102. The highest BCUT2D eigenvalue weighted by atomic mass is 35.5. The summed E-state index contributed by atoms with van der Waals surface area (Å²) in [7, 11) is 1.68. The summed E-state index contributed by atoms with van der Waals surface area (Å²) in [5.74, 6) is 0.661. The normalized spacial score (nSPS) is 13.9. The molecule has 1 unspecified atom stereocenters. The van der Waals surface area contributed by atoms with Crippen LogP contribution in [0, 0.1) is 6.92 Å². The topological polar surface area (TPSA) is 9.23 Å². The molecule has 0 aromatic carbocycles. The smallest absolute Gasteiger partial charge is 0.0582 e. The first-order valence-electron chi connectivity index (χ1n) is 2.73. The molecule has 1 atom stereocenters. The molecule has 0 amide bonds. The van der Waals surface area contributed by atoms with E-state index in [1.165, 1.54) is 0 Å². The minimum absolute atomic E-state index is 0.257. The van der Waals surface area contributed by atoms with Crippen LogP contribution < -0.4 is 0 Å². The molecule has 0 N–H and O–H groups in total. The van der Waals surface area contributed by atoms with Crippen molar-refractivity contribution in [2.75, 3.05) is 13.0 Å². The number of rotatable bonds is 4. The van der Waals surface area contributed by atoms with Crippen LogP contribution >= 0.6 is 11.6 Å². The third-order valence-corrected chi connectivity index (χ3v) is 1.30. The van der Waals surface area contributed by atoms with Crippen molar-refractivity contribution in [2.45, 2.75) is 18.9 Å². The summed E-state index contributed by atoms with van der Waals surface area (Å²) in [5.41, 5.74) is 0. The van der Waals surface area contributed by atoms with Crippen LogP contribution in [0.3, 0.4) is 0 Å². The molecule has 0 bridgehead atoms. The molecule has 1 radical (unpaired) electrons. The molecule has 0 aromatic rings. The van der Waals surface area contributed by atoms with Crippen molar-refractivity contribution in [3.8, 4) is 0 Å². The van der Waals surface area contributed by atoms with Crippen LogP contribution in [0.4, 0.5) is 0 Å². The molecule has 0 spiro atoms. The van der Waals surface area contributed by atoms with Gasteiger partial charge in [-0.3, -0.25) is 0 Å². The molecule has 1 nitrogen and oxygen atoms in total. The van der Waals surface area contributed by atoms with E-state index in [1.54, 1.807) is 7.11 Å². The fraction of sp³-hybridized carbons (Fsp3) is 0.833. The first-order valence-corrected chi connectivity index (χ1v) is 3.26. The highest BCUT2D eigenvalue weighted by Crippen LogP contribution is 2.01. The number of hydrogen-bond acceptors (Lipinski definition) is 1. The minimum atomic E-state index is 0.257. The van der Waals surface area contributed by atoms with Crippen LogP contribution in [-0.4, -0.2) is 19.1 Å². The molecule has 2 heteroatoms. The Balaban J connectivity index is 3.07. The summed E-state index contributed by atoms with van der Waals surface area (Å²) >= 11 is 5.45. The molecule has 8 heavy (non-hydrogen) atoms. The first kappa shape index (κ1) is 8.25. The second kappa shape index (κ2) is 5.39. The predicted octanol–water partition coefficient (Wildman–Crippen LogP) is 1.85.